The van der Waals surface area contributed by atoms with Gasteiger partial charge in [-0.05, 0) is 23.3 Å². The van der Waals surface area contributed by atoms with E-state index in [1.165, 1.54) is 0 Å². The van der Waals surface area contributed by atoms with Crippen LogP contribution in [-0.2, 0) is 18.0 Å². The van der Waals surface area contributed by atoms with Gasteiger partial charge < -0.3 is 23.7 Å². The van der Waals surface area contributed by atoms with Gasteiger partial charge in [-0.1, -0.05) is 0 Å². The second-order valence-electron chi connectivity index (χ2n) is 5.22. The molecule has 5 nitrogen and oxygen atoms in total. The lowest BCUT2D eigenvalue weighted by Gasteiger charge is -2.18. The van der Waals surface area contributed by atoms with Crippen molar-refractivity contribution >= 4 is 0 Å². The molecule has 122 valence electrons. The molecule has 1 aliphatic heterocycles. The first-order valence-electron chi connectivity index (χ1n) is 7.29. The van der Waals surface area contributed by atoms with E-state index in [1.54, 1.807) is 28.4 Å². The lowest BCUT2D eigenvalue weighted by Crippen LogP contribution is -1.99. The van der Waals surface area contributed by atoms with Gasteiger partial charge in [-0.25, -0.2) is 0 Å². The molecule has 0 unspecified atom stereocenters. The van der Waals surface area contributed by atoms with E-state index in [0.717, 1.165) is 45.3 Å². The van der Waals surface area contributed by atoms with Crippen molar-refractivity contribution in [2.75, 3.05) is 28.4 Å². The largest absolute Gasteiger partial charge is 0.497 e. The van der Waals surface area contributed by atoms with E-state index in [-0.39, 0.29) is 0 Å². The smallest absolute Gasteiger partial charge is 0.130 e. The van der Waals surface area contributed by atoms with Crippen molar-refractivity contribution < 1.29 is 23.7 Å². The van der Waals surface area contributed by atoms with Crippen LogP contribution in [0.15, 0.2) is 24.3 Å². The Hall–Kier alpha value is -2.40. The van der Waals surface area contributed by atoms with E-state index in [9.17, 15) is 0 Å². The Morgan fingerprint density at radius 3 is 1.43 bits per heavy atom. The molecule has 0 fully saturated rings. The number of methoxy groups -OCH3 is 4. The molecule has 0 aliphatic carbocycles. The summed E-state index contributed by atoms with van der Waals surface area (Å²) in [5.74, 6) is 2.93. The van der Waals surface area contributed by atoms with Crippen LogP contribution >= 0.6 is 0 Å². The zero-order chi connectivity index (χ0) is 16.4. The van der Waals surface area contributed by atoms with Gasteiger partial charge in [0, 0.05) is 23.3 Å². The Kier molecular flexibility index (Phi) is 4.30. The summed E-state index contributed by atoms with van der Waals surface area (Å²) in [5, 5.41) is 0. The average molecular weight is 316 g/mol. The van der Waals surface area contributed by atoms with E-state index >= 15 is 0 Å². The van der Waals surface area contributed by atoms with E-state index in [0.29, 0.717) is 13.2 Å². The minimum atomic E-state index is 0.475. The summed E-state index contributed by atoms with van der Waals surface area (Å²) in [5.41, 5.74) is 3.95. The SMILES string of the molecule is COc1cc2c(c(OC)c1)-c1c(cc(OC)cc1OC)COC2. The molecular weight excluding hydrogens is 296 g/mol. The van der Waals surface area contributed by atoms with Crippen LogP contribution in [0, 0.1) is 0 Å². The van der Waals surface area contributed by atoms with Gasteiger partial charge in [-0.15, -0.1) is 0 Å². The fourth-order valence-electron chi connectivity index (χ4n) is 2.91. The third-order valence-corrected chi connectivity index (χ3v) is 3.99. The van der Waals surface area contributed by atoms with Gasteiger partial charge in [-0.3, -0.25) is 0 Å². The molecule has 2 aromatic rings. The van der Waals surface area contributed by atoms with Crippen LogP contribution in [0.3, 0.4) is 0 Å². The molecule has 0 radical (unpaired) electrons. The monoisotopic (exact) mass is 316 g/mol. The summed E-state index contributed by atoms with van der Waals surface area (Å²) in [6.07, 6.45) is 0. The standard InChI is InChI=1S/C18H20O5/c1-19-13-5-11-9-23-10-12-6-14(20-2)8-16(22-4)18(12)17(11)15(7-13)21-3/h5-8H,9-10H2,1-4H3. The van der Waals surface area contributed by atoms with Crippen molar-refractivity contribution in [3.63, 3.8) is 0 Å². The Labute approximate surface area is 135 Å². The van der Waals surface area contributed by atoms with Crippen molar-refractivity contribution in [2.24, 2.45) is 0 Å². The predicted molar refractivity (Wildman–Crippen MR) is 86.6 cm³/mol. The highest BCUT2D eigenvalue weighted by atomic mass is 16.5. The lowest BCUT2D eigenvalue weighted by molar-refractivity contribution is 0.109. The topological polar surface area (TPSA) is 46.2 Å². The summed E-state index contributed by atoms with van der Waals surface area (Å²) in [7, 11) is 6.57. The molecule has 0 spiro atoms. The van der Waals surface area contributed by atoms with Gasteiger partial charge in [0.25, 0.3) is 0 Å². The molecule has 2 aromatic carbocycles. The van der Waals surface area contributed by atoms with Crippen molar-refractivity contribution in [2.45, 2.75) is 13.2 Å². The van der Waals surface area contributed by atoms with Crippen LogP contribution in [-0.4, -0.2) is 28.4 Å². The predicted octanol–water partition coefficient (Wildman–Crippen LogP) is 3.42. The van der Waals surface area contributed by atoms with Crippen LogP contribution in [0.4, 0.5) is 0 Å². The molecule has 0 atom stereocenters. The number of benzene rings is 2. The fourth-order valence-corrected chi connectivity index (χ4v) is 2.91. The second kappa shape index (κ2) is 6.38. The molecule has 0 aromatic heterocycles. The third kappa shape index (κ3) is 2.68. The van der Waals surface area contributed by atoms with Crippen molar-refractivity contribution in [3.05, 3.63) is 35.4 Å². The van der Waals surface area contributed by atoms with Gasteiger partial charge >= 0.3 is 0 Å². The van der Waals surface area contributed by atoms with Crippen molar-refractivity contribution in [1.29, 1.82) is 0 Å². The highest BCUT2D eigenvalue weighted by Crippen LogP contribution is 2.46. The van der Waals surface area contributed by atoms with E-state index < -0.39 is 0 Å². The molecule has 0 N–H and O–H groups in total. The Morgan fingerprint density at radius 2 is 1.09 bits per heavy atom. The molecule has 1 aliphatic rings. The Balaban J connectivity index is 2.32. The molecule has 0 bridgehead atoms. The molecule has 1 heterocycles. The Morgan fingerprint density at radius 1 is 0.652 bits per heavy atom. The van der Waals surface area contributed by atoms with E-state index in [2.05, 4.69) is 0 Å². The van der Waals surface area contributed by atoms with E-state index in [4.69, 9.17) is 23.7 Å². The maximum absolute atomic E-state index is 5.82. The van der Waals surface area contributed by atoms with Gasteiger partial charge in [-0.2, -0.15) is 0 Å². The number of hydrogen-bond acceptors (Lipinski definition) is 5. The molecule has 23 heavy (non-hydrogen) atoms. The number of rotatable bonds is 4. The summed E-state index contributed by atoms with van der Waals surface area (Å²) in [4.78, 5) is 0. The lowest BCUT2D eigenvalue weighted by atomic mass is 9.94. The highest BCUT2D eigenvalue weighted by molar-refractivity contribution is 5.83. The Bertz CT molecular complexity index is 662. The quantitative estimate of drug-likeness (QED) is 0.865. The second-order valence-corrected chi connectivity index (χ2v) is 5.22. The van der Waals surface area contributed by atoms with Gasteiger partial charge in [0.2, 0.25) is 0 Å². The number of fused-ring (bicyclic) bond motifs is 3. The molecular formula is C18H20O5. The molecule has 0 saturated carbocycles. The maximum Gasteiger partial charge on any atom is 0.130 e. The number of ether oxygens (including phenoxy) is 5. The van der Waals surface area contributed by atoms with Crippen molar-refractivity contribution in [1.82, 2.24) is 0 Å². The minimum Gasteiger partial charge on any atom is -0.497 e. The summed E-state index contributed by atoms with van der Waals surface area (Å²) in [6.45, 7) is 0.950. The van der Waals surface area contributed by atoms with Gasteiger partial charge in [0.1, 0.15) is 23.0 Å². The fraction of sp³-hybridized carbons (Fsp3) is 0.333. The third-order valence-electron chi connectivity index (χ3n) is 3.99. The summed E-state index contributed by atoms with van der Waals surface area (Å²) in [6, 6.07) is 7.68. The minimum absolute atomic E-state index is 0.475. The summed E-state index contributed by atoms with van der Waals surface area (Å²) >= 11 is 0. The molecule has 0 amide bonds. The van der Waals surface area contributed by atoms with E-state index in [1.807, 2.05) is 24.3 Å². The zero-order valence-electron chi connectivity index (χ0n) is 13.8. The van der Waals surface area contributed by atoms with Crippen LogP contribution in [0.25, 0.3) is 11.1 Å². The molecule has 0 saturated heterocycles. The first-order chi connectivity index (χ1) is 11.2. The van der Waals surface area contributed by atoms with Crippen LogP contribution in [0.1, 0.15) is 11.1 Å². The highest BCUT2D eigenvalue weighted by Gasteiger charge is 2.24. The summed E-state index contributed by atoms with van der Waals surface area (Å²) < 4.78 is 27.7. The van der Waals surface area contributed by atoms with Gasteiger partial charge in [0.05, 0.1) is 41.7 Å². The van der Waals surface area contributed by atoms with Gasteiger partial charge in [0.15, 0.2) is 0 Å². The van der Waals surface area contributed by atoms with Crippen LogP contribution < -0.4 is 18.9 Å². The maximum atomic E-state index is 5.82. The molecule has 3 rings (SSSR count). The zero-order valence-corrected chi connectivity index (χ0v) is 13.8. The number of hydrogen-bond donors (Lipinski definition) is 0. The first kappa shape index (κ1) is 15.5. The first-order valence-corrected chi connectivity index (χ1v) is 7.29. The average Bonchev–Trinajstić information content (AvgIpc) is 2.78. The van der Waals surface area contributed by atoms with Crippen LogP contribution in [0.5, 0.6) is 23.0 Å². The van der Waals surface area contributed by atoms with Crippen molar-refractivity contribution in [3.8, 4) is 34.1 Å². The van der Waals surface area contributed by atoms with Crippen LogP contribution in [0.2, 0.25) is 0 Å². The molecule has 5 heteroatoms. The normalized spacial score (nSPS) is 12.7.